The van der Waals surface area contributed by atoms with Gasteiger partial charge in [-0.2, -0.15) is 4.98 Å². The molecule has 4 rings (SSSR count). The Bertz CT molecular complexity index is 1230. The van der Waals surface area contributed by atoms with E-state index in [1.807, 2.05) is 26.2 Å². The van der Waals surface area contributed by atoms with Crippen molar-refractivity contribution >= 4 is 33.3 Å². The Hall–Kier alpha value is -2.52. The summed E-state index contributed by atoms with van der Waals surface area (Å²) in [6.45, 7) is 5.94. The van der Waals surface area contributed by atoms with Gasteiger partial charge in [0, 0.05) is 23.9 Å². The molecule has 0 fully saturated rings. The maximum absolute atomic E-state index is 13.3. The molecule has 0 aliphatic rings. The van der Waals surface area contributed by atoms with Crippen molar-refractivity contribution in [1.29, 1.82) is 0 Å². The van der Waals surface area contributed by atoms with Crippen LogP contribution in [0, 0.1) is 5.82 Å². The number of benzene rings is 1. The number of aromatic nitrogens is 4. The van der Waals surface area contributed by atoms with Crippen LogP contribution in [0.2, 0.25) is 0 Å². The third-order valence-corrected chi connectivity index (χ3v) is 6.54. The van der Waals surface area contributed by atoms with Crippen molar-refractivity contribution in [3.63, 3.8) is 0 Å². The molecule has 0 spiro atoms. The summed E-state index contributed by atoms with van der Waals surface area (Å²) in [4.78, 5) is 22.8. The molecule has 3 heterocycles. The average molecular weight is 431 g/mol. The van der Waals surface area contributed by atoms with E-state index in [0.717, 1.165) is 11.1 Å². The van der Waals surface area contributed by atoms with Crippen LogP contribution < -0.4 is 5.56 Å². The first-order valence-electron chi connectivity index (χ1n) is 9.09. The quantitative estimate of drug-likeness (QED) is 0.322. The van der Waals surface area contributed by atoms with Crippen molar-refractivity contribution in [1.82, 2.24) is 19.7 Å². The standard InChI is InChI=1S/C20H19FN4O2S2/c1-10(2)16-22-17(27-24-16)11(3)29-20-23-18-15(19(26)25(20)4)14(9-28-18)12-5-7-13(21)8-6-12/h5-11H,1-4H3/t11-/m1/s1. The summed E-state index contributed by atoms with van der Waals surface area (Å²) in [6, 6.07) is 6.11. The van der Waals surface area contributed by atoms with Gasteiger partial charge in [0.1, 0.15) is 10.6 Å². The van der Waals surface area contributed by atoms with Gasteiger partial charge in [-0.05, 0) is 24.6 Å². The molecule has 1 atom stereocenters. The highest BCUT2D eigenvalue weighted by molar-refractivity contribution is 7.99. The molecule has 9 heteroatoms. The zero-order valence-electron chi connectivity index (χ0n) is 16.3. The average Bonchev–Trinajstić information content (AvgIpc) is 3.34. The molecule has 4 aromatic rings. The smallest absolute Gasteiger partial charge is 0.263 e. The second-order valence-corrected chi connectivity index (χ2v) is 9.17. The molecule has 0 saturated carbocycles. The second kappa shape index (κ2) is 7.72. The van der Waals surface area contributed by atoms with E-state index >= 15 is 0 Å². The highest BCUT2D eigenvalue weighted by atomic mass is 32.2. The van der Waals surface area contributed by atoms with E-state index < -0.39 is 0 Å². The lowest BCUT2D eigenvalue weighted by atomic mass is 10.1. The second-order valence-electron chi connectivity index (χ2n) is 7.00. The summed E-state index contributed by atoms with van der Waals surface area (Å²) in [6.07, 6.45) is 0. The largest absolute Gasteiger partial charge is 0.338 e. The summed E-state index contributed by atoms with van der Waals surface area (Å²) in [5, 5.41) is 6.85. The molecule has 0 radical (unpaired) electrons. The van der Waals surface area contributed by atoms with Gasteiger partial charge in [0.05, 0.1) is 10.6 Å². The number of nitrogens with zero attached hydrogens (tertiary/aromatic N) is 4. The van der Waals surface area contributed by atoms with Crippen molar-refractivity contribution in [2.75, 3.05) is 0 Å². The van der Waals surface area contributed by atoms with Crippen molar-refractivity contribution < 1.29 is 8.91 Å². The molecule has 0 aliphatic carbocycles. The minimum Gasteiger partial charge on any atom is -0.338 e. The molecule has 6 nitrogen and oxygen atoms in total. The third-order valence-electron chi connectivity index (χ3n) is 4.53. The molecule has 0 aliphatic heterocycles. The lowest BCUT2D eigenvalue weighted by Gasteiger charge is -2.10. The summed E-state index contributed by atoms with van der Waals surface area (Å²) in [5.74, 6) is 1.03. The van der Waals surface area contributed by atoms with E-state index in [1.54, 1.807) is 19.2 Å². The molecular formula is C20H19FN4O2S2. The number of rotatable bonds is 5. The molecule has 0 unspecified atom stereocenters. The fourth-order valence-electron chi connectivity index (χ4n) is 2.86. The molecule has 150 valence electrons. The van der Waals surface area contributed by atoms with Crippen LogP contribution in [0.15, 0.2) is 44.1 Å². The van der Waals surface area contributed by atoms with E-state index in [9.17, 15) is 9.18 Å². The number of hydrogen-bond donors (Lipinski definition) is 0. The Balaban J connectivity index is 1.70. The zero-order chi connectivity index (χ0) is 20.7. The van der Waals surface area contributed by atoms with Crippen molar-refractivity contribution in [2.45, 2.75) is 37.1 Å². The van der Waals surface area contributed by atoms with E-state index in [4.69, 9.17) is 4.52 Å². The van der Waals surface area contributed by atoms with Crippen LogP contribution in [-0.4, -0.2) is 19.7 Å². The van der Waals surface area contributed by atoms with Gasteiger partial charge in [0.2, 0.25) is 5.89 Å². The van der Waals surface area contributed by atoms with Gasteiger partial charge >= 0.3 is 0 Å². The van der Waals surface area contributed by atoms with Crippen molar-refractivity contribution in [3.05, 3.63) is 57.5 Å². The summed E-state index contributed by atoms with van der Waals surface area (Å²) in [5.41, 5.74) is 1.41. The molecule has 1 aromatic carbocycles. The Kier molecular flexibility index (Phi) is 5.26. The number of halogens is 1. The Labute approximate surface area is 174 Å². The first kappa shape index (κ1) is 19.8. The van der Waals surface area contributed by atoms with Crippen LogP contribution in [0.25, 0.3) is 21.3 Å². The first-order chi connectivity index (χ1) is 13.8. The highest BCUT2D eigenvalue weighted by Crippen LogP contribution is 2.36. The van der Waals surface area contributed by atoms with Gasteiger partial charge < -0.3 is 4.52 Å². The van der Waals surface area contributed by atoms with Crippen LogP contribution in [-0.2, 0) is 7.05 Å². The predicted molar refractivity (Wildman–Crippen MR) is 113 cm³/mol. The maximum Gasteiger partial charge on any atom is 0.263 e. The molecule has 0 bridgehead atoms. The monoisotopic (exact) mass is 430 g/mol. The van der Waals surface area contributed by atoms with E-state index in [-0.39, 0.29) is 22.5 Å². The number of fused-ring (bicyclic) bond motifs is 1. The van der Waals surface area contributed by atoms with E-state index in [0.29, 0.717) is 27.1 Å². The Morgan fingerprint density at radius 2 is 1.90 bits per heavy atom. The molecule has 29 heavy (non-hydrogen) atoms. The summed E-state index contributed by atoms with van der Waals surface area (Å²) >= 11 is 2.80. The number of thiophene rings is 1. The fourth-order valence-corrected chi connectivity index (χ4v) is 4.75. The molecule has 0 saturated heterocycles. The van der Waals surface area contributed by atoms with Gasteiger partial charge in [-0.15, -0.1) is 11.3 Å². The Morgan fingerprint density at radius 3 is 2.55 bits per heavy atom. The first-order valence-corrected chi connectivity index (χ1v) is 10.9. The number of hydrogen-bond acceptors (Lipinski definition) is 7. The van der Waals surface area contributed by atoms with Crippen molar-refractivity contribution in [3.8, 4) is 11.1 Å². The summed E-state index contributed by atoms with van der Waals surface area (Å²) in [7, 11) is 1.70. The van der Waals surface area contributed by atoms with Crippen molar-refractivity contribution in [2.24, 2.45) is 7.05 Å². The summed E-state index contributed by atoms with van der Waals surface area (Å²) < 4.78 is 20.1. The lowest BCUT2D eigenvalue weighted by molar-refractivity contribution is 0.373. The van der Waals surface area contributed by atoms with Gasteiger partial charge in [-0.25, -0.2) is 9.37 Å². The SMILES string of the molecule is CC(C)c1noc([C@@H](C)Sc2nc3scc(-c4ccc(F)cc4)c3c(=O)n2C)n1. The zero-order valence-corrected chi connectivity index (χ0v) is 18.0. The normalized spacial score (nSPS) is 12.8. The van der Waals surface area contributed by atoms with E-state index in [1.165, 1.54) is 39.8 Å². The van der Waals surface area contributed by atoms with Crippen LogP contribution in [0.1, 0.15) is 43.7 Å². The van der Waals surface area contributed by atoms with Gasteiger partial charge in [0.15, 0.2) is 11.0 Å². The van der Waals surface area contributed by atoms with Crippen LogP contribution in [0.3, 0.4) is 0 Å². The minimum absolute atomic E-state index is 0.140. The van der Waals surface area contributed by atoms with E-state index in [2.05, 4.69) is 15.1 Å². The maximum atomic E-state index is 13.3. The molecular weight excluding hydrogens is 411 g/mol. The molecule has 0 amide bonds. The fraction of sp³-hybridized carbons (Fsp3) is 0.300. The van der Waals surface area contributed by atoms with Gasteiger partial charge in [-0.3, -0.25) is 9.36 Å². The van der Waals surface area contributed by atoms with Crippen LogP contribution in [0.5, 0.6) is 0 Å². The molecule has 3 aromatic heterocycles. The minimum atomic E-state index is -0.311. The topological polar surface area (TPSA) is 73.8 Å². The van der Waals surface area contributed by atoms with Gasteiger partial charge in [0.25, 0.3) is 5.56 Å². The third kappa shape index (κ3) is 3.72. The molecule has 0 N–H and O–H groups in total. The van der Waals surface area contributed by atoms with Crippen LogP contribution >= 0.6 is 23.1 Å². The lowest BCUT2D eigenvalue weighted by Crippen LogP contribution is -2.20. The van der Waals surface area contributed by atoms with Gasteiger partial charge in [-0.1, -0.05) is 42.9 Å². The van der Waals surface area contributed by atoms with Crippen LogP contribution in [0.4, 0.5) is 4.39 Å². The Morgan fingerprint density at radius 1 is 1.17 bits per heavy atom. The highest BCUT2D eigenvalue weighted by Gasteiger charge is 2.21. The number of thioether (sulfide) groups is 1. The predicted octanol–water partition coefficient (Wildman–Crippen LogP) is 5.16.